The second-order valence-electron chi connectivity index (χ2n) is 8.82. The van der Waals surface area contributed by atoms with Gasteiger partial charge in [-0.15, -0.1) is 13.2 Å². The number of hydrogen-bond acceptors (Lipinski definition) is 6. The molecule has 6 nitrogen and oxygen atoms in total. The van der Waals surface area contributed by atoms with Gasteiger partial charge in [0, 0.05) is 23.2 Å². The number of carboxylic acids is 1. The monoisotopic (exact) mass is 526 g/mol. The van der Waals surface area contributed by atoms with Crippen molar-refractivity contribution in [2.24, 2.45) is 11.8 Å². The fraction of sp³-hybridized carbons (Fsp3) is 0.222. The Hall–Kier alpha value is -3.92. The van der Waals surface area contributed by atoms with Crippen LogP contribution >= 0.6 is 11.3 Å². The highest BCUT2D eigenvalue weighted by atomic mass is 32.1. The third-order valence-electron chi connectivity index (χ3n) is 6.40. The summed E-state index contributed by atoms with van der Waals surface area (Å²) in [6, 6.07) is 18.7. The molecule has 2 atom stereocenters. The standard InChI is InChI=1S/C27H21F3N2O4S/c28-27(29,30)36-19-12-13-22-23(14-19)37-26(32-22)31-18-10-8-16(9-11-18)15-4-6-17(7-5-15)24(33)20-2-1-3-21(20)25(34)35/h4-14,20-21H,1-3H2,(H,31,32)(H,34,35)/t20-,21-/m1/s1. The summed E-state index contributed by atoms with van der Waals surface area (Å²) < 4.78 is 41.9. The first-order valence-corrected chi connectivity index (χ1v) is 12.4. The van der Waals surface area contributed by atoms with Crippen LogP contribution < -0.4 is 10.1 Å². The molecule has 5 rings (SSSR count). The van der Waals surface area contributed by atoms with Crippen LogP contribution in [0.3, 0.4) is 0 Å². The summed E-state index contributed by atoms with van der Waals surface area (Å²) in [5, 5.41) is 13.1. The number of halogens is 3. The maximum absolute atomic E-state index is 12.8. The molecule has 2 N–H and O–H groups in total. The van der Waals surface area contributed by atoms with Crippen LogP contribution in [0.5, 0.6) is 5.75 Å². The summed E-state index contributed by atoms with van der Waals surface area (Å²) in [6.45, 7) is 0. The van der Waals surface area contributed by atoms with Gasteiger partial charge >= 0.3 is 12.3 Å². The van der Waals surface area contributed by atoms with Crippen LogP contribution in [0.1, 0.15) is 29.6 Å². The van der Waals surface area contributed by atoms with Crippen LogP contribution in [-0.2, 0) is 4.79 Å². The number of carbonyl (C=O) groups is 2. The Morgan fingerprint density at radius 2 is 1.59 bits per heavy atom. The molecule has 1 aromatic heterocycles. The summed E-state index contributed by atoms with van der Waals surface area (Å²) in [4.78, 5) is 28.7. The number of benzene rings is 3. The van der Waals surface area contributed by atoms with E-state index >= 15 is 0 Å². The van der Waals surface area contributed by atoms with Crippen LogP contribution in [0.15, 0.2) is 66.7 Å². The summed E-state index contributed by atoms with van der Waals surface area (Å²) >= 11 is 1.21. The van der Waals surface area contributed by atoms with Crippen molar-refractivity contribution in [3.8, 4) is 16.9 Å². The van der Waals surface area contributed by atoms with E-state index in [-0.39, 0.29) is 11.5 Å². The van der Waals surface area contributed by atoms with Crippen LogP contribution in [0, 0.1) is 11.8 Å². The Labute approximate surface area is 213 Å². The molecule has 0 amide bonds. The zero-order valence-electron chi connectivity index (χ0n) is 19.3. The van der Waals surface area contributed by atoms with E-state index in [1.165, 1.54) is 29.5 Å². The number of aliphatic carboxylic acids is 1. The lowest BCUT2D eigenvalue weighted by Crippen LogP contribution is -2.25. The lowest BCUT2D eigenvalue weighted by molar-refractivity contribution is -0.274. The smallest absolute Gasteiger partial charge is 0.481 e. The molecule has 0 saturated heterocycles. The number of ether oxygens (including phenoxy) is 1. The second-order valence-corrected chi connectivity index (χ2v) is 9.85. The van der Waals surface area contributed by atoms with Crippen LogP contribution in [0.2, 0.25) is 0 Å². The van der Waals surface area contributed by atoms with Gasteiger partial charge in [0.05, 0.1) is 16.1 Å². The summed E-state index contributed by atoms with van der Waals surface area (Å²) in [5.41, 5.74) is 3.65. The Morgan fingerprint density at radius 3 is 2.24 bits per heavy atom. The molecule has 0 aliphatic heterocycles. The summed E-state index contributed by atoms with van der Waals surface area (Å²) in [6.07, 6.45) is -2.87. The molecule has 0 spiro atoms. The predicted octanol–water partition coefficient (Wildman–Crippen LogP) is 7.29. The number of nitrogens with one attached hydrogen (secondary N) is 1. The van der Waals surface area contributed by atoms with Crippen molar-refractivity contribution >= 4 is 44.1 Å². The van der Waals surface area contributed by atoms with Crippen molar-refractivity contribution in [1.82, 2.24) is 4.98 Å². The molecule has 1 saturated carbocycles. The highest BCUT2D eigenvalue weighted by molar-refractivity contribution is 7.22. The van der Waals surface area contributed by atoms with Crippen molar-refractivity contribution in [3.63, 3.8) is 0 Å². The molecule has 10 heteroatoms. The minimum absolute atomic E-state index is 0.121. The minimum Gasteiger partial charge on any atom is -0.481 e. The first-order chi connectivity index (χ1) is 17.7. The molecule has 0 radical (unpaired) electrons. The number of ketones is 1. The van der Waals surface area contributed by atoms with Gasteiger partial charge in [-0.25, -0.2) is 4.98 Å². The summed E-state index contributed by atoms with van der Waals surface area (Å²) in [5.74, 6) is -2.41. The van der Waals surface area contributed by atoms with Gasteiger partial charge in [-0.1, -0.05) is 54.2 Å². The minimum atomic E-state index is -4.75. The third kappa shape index (κ3) is 5.59. The average molecular weight is 527 g/mol. The molecule has 37 heavy (non-hydrogen) atoms. The lowest BCUT2D eigenvalue weighted by Gasteiger charge is -2.14. The zero-order valence-corrected chi connectivity index (χ0v) is 20.1. The van der Waals surface area contributed by atoms with E-state index in [0.29, 0.717) is 33.8 Å². The van der Waals surface area contributed by atoms with E-state index in [2.05, 4.69) is 15.0 Å². The molecular weight excluding hydrogens is 505 g/mol. The zero-order chi connectivity index (χ0) is 26.2. The maximum atomic E-state index is 12.8. The van der Waals surface area contributed by atoms with Crippen molar-refractivity contribution in [2.75, 3.05) is 5.32 Å². The fourth-order valence-electron chi connectivity index (χ4n) is 4.64. The number of fused-ring (bicyclic) bond motifs is 1. The van der Waals surface area contributed by atoms with Gasteiger partial charge in [-0.2, -0.15) is 0 Å². The molecule has 0 unspecified atom stereocenters. The molecular formula is C27H21F3N2O4S. The van der Waals surface area contributed by atoms with Gasteiger partial charge in [0.25, 0.3) is 0 Å². The van der Waals surface area contributed by atoms with Gasteiger partial charge in [-0.05, 0) is 48.2 Å². The van der Waals surface area contributed by atoms with Crippen molar-refractivity contribution in [2.45, 2.75) is 25.6 Å². The number of Topliss-reactive ketones (excluding diaryl/α,β-unsaturated/α-hetero) is 1. The lowest BCUT2D eigenvalue weighted by atomic mass is 9.88. The number of carboxylic acid groups (broad SMARTS) is 1. The van der Waals surface area contributed by atoms with E-state index in [1.54, 1.807) is 12.1 Å². The van der Waals surface area contributed by atoms with Crippen LogP contribution in [0.4, 0.5) is 24.0 Å². The van der Waals surface area contributed by atoms with Crippen molar-refractivity contribution in [3.05, 3.63) is 72.3 Å². The molecule has 4 aromatic rings. The number of nitrogens with zero attached hydrogens (tertiary/aromatic N) is 1. The highest BCUT2D eigenvalue weighted by Gasteiger charge is 2.38. The average Bonchev–Trinajstić information content (AvgIpc) is 3.50. The quantitative estimate of drug-likeness (QED) is 0.246. The Bertz CT molecular complexity index is 1450. The first kappa shape index (κ1) is 24.8. The SMILES string of the molecule is O=C(O)[C@@H]1CCC[C@H]1C(=O)c1ccc(-c2ccc(Nc3nc4ccc(OC(F)(F)F)cc4s3)cc2)cc1. The molecule has 3 aromatic carbocycles. The van der Waals surface area contributed by atoms with Gasteiger partial charge in [0.1, 0.15) is 5.75 Å². The van der Waals surface area contributed by atoms with Crippen LogP contribution in [0.25, 0.3) is 21.3 Å². The highest BCUT2D eigenvalue weighted by Crippen LogP contribution is 2.36. The van der Waals surface area contributed by atoms with E-state index in [1.807, 2.05) is 36.4 Å². The van der Waals surface area contributed by atoms with Gasteiger partial charge in [0.15, 0.2) is 10.9 Å². The Balaban J connectivity index is 1.26. The van der Waals surface area contributed by atoms with Gasteiger partial charge in [-0.3, -0.25) is 9.59 Å². The van der Waals surface area contributed by atoms with E-state index in [9.17, 15) is 27.9 Å². The number of carbonyl (C=O) groups excluding carboxylic acids is 1. The van der Waals surface area contributed by atoms with Crippen molar-refractivity contribution in [1.29, 1.82) is 0 Å². The number of hydrogen-bond donors (Lipinski definition) is 2. The maximum Gasteiger partial charge on any atom is 0.573 e. The van der Waals surface area contributed by atoms with Gasteiger partial charge in [0.2, 0.25) is 0 Å². The molecule has 0 bridgehead atoms. The molecule has 1 fully saturated rings. The molecule has 1 aliphatic carbocycles. The van der Waals surface area contributed by atoms with Gasteiger partial charge < -0.3 is 15.2 Å². The molecule has 1 heterocycles. The largest absolute Gasteiger partial charge is 0.573 e. The molecule has 1 aliphatic rings. The number of anilines is 2. The Kier molecular flexibility index (Phi) is 6.59. The number of rotatable bonds is 7. The fourth-order valence-corrected chi connectivity index (χ4v) is 5.55. The number of thiazole rings is 1. The predicted molar refractivity (Wildman–Crippen MR) is 134 cm³/mol. The van der Waals surface area contributed by atoms with E-state index in [0.717, 1.165) is 23.2 Å². The normalized spacial score (nSPS) is 17.6. The third-order valence-corrected chi connectivity index (χ3v) is 7.34. The number of alkyl halides is 3. The second kappa shape index (κ2) is 9.85. The van der Waals surface area contributed by atoms with E-state index in [4.69, 9.17) is 0 Å². The number of aromatic nitrogens is 1. The molecule has 190 valence electrons. The van der Waals surface area contributed by atoms with E-state index < -0.39 is 24.2 Å². The van der Waals surface area contributed by atoms with Crippen molar-refractivity contribution < 1.29 is 32.6 Å². The first-order valence-electron chi connectivity index (χ1n) is 11.6. The topological polar surface area (TPSA) is 88.5 Å². The Morgan fingerprint density at radius 1 is 0.946 bits per heavy atom. The summed E-state index contributed by atoms with van der Waals surface area (Å²) in [7, 11) is 0. The van der Waals surface area contributed by atoms with Crippen LogP contribution in [-0.4, -0.2) is 28.2 Å².